The SMILES string of the molecule is O=[N+]([O-])c1ccccc1.c1ccc2scnc2c1. The molecule has 0 amide bonds. The molecule has 1 aromatic heterocycles. The maximum absolute atomic E-state index is 10.0. The Bertz CT molecular complexity index is 607. The van der Waals surface area contributed by atoms with E-state index < -0.39 is 4.92 Å². The molecular formula is C13H10N2O2S. The lowest BCUT2D eigenvalue weighted by atomic mass is 10.3. The first-order valence-corrected chi connectivity index (χ1v) is 6.13. The molecule has 0 saturated heterocycles. The number of fused-ring (bicyclic) bond motifs is 1. The van der Waals surface area contributed by atoms with Crippen LogP contribution in [-0.4, -0.2) is 9.91 Å². The number of aromatic nitrogens is 1. The van der Waals surface area contributed by atoms with E-state index in [0.29, 0.717) is 0 Å². The van der Waals surface area contributed by atoms with Gasteiger partial charge in [-0.25, -0.2) is 4.98 Å². The Morgan fingerprint density at radius 3 is 2.28 bits per heavy atom. The largest absolute Gasteiger partial charge is 0.269 e. The lowest BCUT2D eigenvalue weighted by Gasteiger charge is -1.85. The molecule has 4 nitrogen and oxygen atoms in total. The average molecular weight is 258 g/mol. The van der Waals surface area contributed by atoms with Crippen molar-refractivity contribution in [1.82, 2.24) is 4.98 Å². The fourth-order valence-corrected chi connectivity index (χ4v) is 2.03. The van der Waals surface area contributed by atoms with Crippen LogP contribution in [0.1, 0.15) is 0 Å². The molecule has 3 rings (SSSR count). The van der Waals surface area contributed by atoms with Crippen LogP contribution in [0.4, 0.5) is 5.69 Å². The maximum atomic E-state index is 10.0. The zero-order valence-corrected chi connectivity index (χ0v) is 10.2. The molecule has 0 unspecified atom stereocenters. The summed E-state index contributed by atoms with van der Waals surface area (Å²) in [6, 6.07) is 16.1. The van der Waals surface area contributed by atoms with Crippen molar-refractivity contribution in [2.45, 2.75) is 0 Å². The van der Waals surface area contributed by atoms with E-state index in [4.69, 9.17) is 0 Å². The zero-order chi connectivity index (χ0) is 12.8. The van der Waals surface area contributed by atoms with Gasteiger partial charge in [0.1, 0.15) is 0 Å². The summed E-state index contributed by atoms with van der Waals surface area (Å²) in [7, 11) is 0. The topological polar surface area (TPSA) is 56.0 Å². The Morgan fingerprint density at radius 1 is 1.00 bits per heavy atom. The van der Waals surface area contributed by atoms with E-state index in [2.05, 4.69) is 11.1 Å². The van der Waals surface area contributed by atoms with Crippen molar-refractivity contribution < 1.29 is 4.92 Å². The van der Waals surface area contributed by atoms with E-state index in [0.717, 1.165) is 5.52 Å². The smallest absolute Gasteiger partial charge is 0.258 e. The monoisotopic (exact) mass is 258 g/mol. The quantitative estimate of drug-likeness (QED) is 0.491. The molecule has 2 aromatic carbocycles. The molecule has 18 heavy (non-hydrogen) atoms. The fourth-order valence-electron chi connectivity index (χ4n) is 1.35. The molecule has 0 atom stereocenters. The molecule has 5 heteroatoms. The van der Waals surface area contributed by atoms with Crippen LogP contribution in [0.15, 0.2) is 60.1 Å². The normalized spacial score (nSPS) is 9.56. The number of nitro groups is 1. The van der Waals surface area contributed by atoms with Crippen LogP contribution < -0.4 is 0 Å². The second-order valence-corrected chi connectivity index (χ2v) is 4.30. The molecule has 0 N–H and O–H groups in total. The molecule has 0 spiro atoms. The van der Waals surface area contributed by atoms with Gasteiger partial charge < -0.3 is 0 Å². The van der Waals surface area contributed by atoms with E-state index >= 15 is 0 Å². The van der Waals surface area contributed by atoms with Gasteiger partial charge >= 0.3 is 0 Å². The number of thiazole rings is 1. The number of hydrogen-bond donors (Lipinski definition) is 0. The van der Waals surface area contributed by atoms with Gasteiger partial charge in [-0.2, -0.15) is 0 Å². The van der Waals surface area contributed by atoms with Crippen molar-refractivity contribution in [3.63, 3.8) is 0 Å². The maximum Gasteiger partial charge on any atom is 0.269 e. The van der Waals surface area contributed by atoms with Crippen LogP contribution in [0.5, 0.6) is 0 Å². The molecule has 90 valence electrons. The van der Waals surface area contributed by atoms with Crippen LogP contribution in [0.3, 0.4) is 0 Å². The first-order chi connectivity index (χ1) is 8.77. The van der Waals surface area contributed by atoms with Gasteiger partial charge in [-0.1, -0.05) is 30.3 Å². The molecule has 0 fully saturated rings. The predicted molar refractivity (Wildman–Crippen MR) is 72.7 cm³/mol. The predicted octanol–water partition coefficient (Wildman–Crippen LogP) is 3.89. The third-order valence-corrected chi connectivity index (χ3v) is 3.01. The van der Waals surface area contributed by atoms with Crippen molar-refractivity contribution in [1.29, 1.82) is 0 Å². The average Bonchev–Trinajstić information content (AvgIpc) is 2.89. The molecule has 0 aliphatic heterocycles. The van der Waals surface area contributed by atoms with E-state index in [9.17, 15) is 10.1 Å². The van der Waals surface area contributed by atoms with Crippen molar-refractivity contribution in [2.24, 2.45) is 0 Å². The Kier molecular flexibility index (Phi) is 3.98. The third-order valence-electron chi connectivity index (χ3n) is 2.20. The summed E-state index contributed by atoms with van der Waals surface area (Å²) in [5.74, 6) is 0. The Morgan fingerprint density at radius 2 is 1.67 bits per heavy atom. The zero-order valence-electron chi connectivity index (χ0n) is 9.39. The van der Waals surface area contributed by atoms with Crippen LogP contribution >= 0.6 is 11.3 Å². The number of benzene rings is 2. The lowest BCUT2D eigenvalue weighted by Crippen LogP contribution is -1.84. The highest BCUT2D eigenvalue weighted by Gasteiger charge is 1.98. The minimum absolute atomic E-state index is 0.137. The lowest BCUT2D eigenvalue weighted by molar-refractivity contribution is -0.384. The summed E-state index contributed by atoms with van der Waals surface area (Å²) in [6.07, 6.45) is 0. The molecule has 0 radical (unpaired) electrons. The summed E-state index contributed by atoms with van der Waals surface area (Å²) in [5, 5.41) is 10.0. The number of hydrogen-bond acceptors (Lipinski definition) is 4. The Balaban J connectivity index is 0.000000134. The first-order valence-electron chi connectivity index (χ1n) is 5.25. The summed E-state index contributed by atoms with van der Waals surface area (Å²) < 4.78 is 1.26. The molecular weight excluding hydrogens is 248 g/mol. The second kappa shape index (κ2) is 5.88. The molecule has 0 bridgehead atoms. The minimum Gasteiger partial charge on any atom is -0.258 e. The van der Waals surface area contributed by atoms with Gasteiger partial charge in [0, 0.05) is 12.1 Å². The molecule has 1 heterocycles. The van der Waals surface area contributed by atoms with E-state index in [-0.39, 0.29) is 5.69 Å². The fraction of sp³-hybridized carbons (Fsp3) is 0. The van der Waals surface area contributed by atoms with Crippen molar-refractivity contribution in [3.05, 3.63) is 70.2 Å². The molecule has 0 aliphatic rings. The first kappa shape index (κ1) is 12.2. The summed E-state index contributed by atoms with van der Waals surface area (Å²) in [5.41, 5.74) is 3.10. The Hall–Kier alpha value is -2.27. The molecule has 0 saturated carbocycles. The minimum atomic E-state index is -0.417. The van der Waals surface area contributed by atoms with Crippen LogP contribution in [0.25, 0.3) is 10.2 Å². The van der Waals surface area contributed by atoms with Gasteiger partial charge in [0.15, 0.2) is 0 Å². The number of non-ortho nitro benzene ring substituents is 1. The highest BCUT2D eigenvalue weighted by atomic mass is 32.1. The number of nitro benzene ring substituents is 1. The standard InChI is InChI=1S/C7H5NS.C6H5NO2/c1-2-4-7-6(3-1)8-5-9-7;8-7(9)6-4-2-1-3-5-6/h2*1-5H. The number of nitrogens with zero attached hydrogens (tertiary/aromatic N) is 2. The molecule has 3 aromatic rings. The van der Waals surface area contributed by atoms with Gasteiger partial charge in [0.25, 0.3) is 5.69 Å². The van der Waals surface area contributed by atoms with Crippen LogP contribution in [0, 0.1) is 10.1 Å². The Labute approximate surface area is 108 Å². The summed E-state index contributed by atoms with van der Waals surface area (Å²) in [4.78, 5) is 13.7. The summed E-state index contributed by atoms with van der Waals surface area (Å²) >= 11 is 1.68. The summed E-state index contributed by atoms with van der Waals surface area (Å²) in [6.45, 7) is 0. The van der Waals surface area contributed by atoms with Crippen LogP contribution in [-0.2, 0) is 0 Å². The van der Waals surface area contributed by atoms with E-state index in [1.54, 1.807) is 29.5 Å². The number of para-hydroxylation sites is 2. The highest BCUT2D eigenvalue weighted by molar-refractivity contribution is 7.16. The van der Waals surface area contributed by atoms with Gasteiger partial charge in [-0.3, -0.25) is 10.1 Å². The van der Waals surface area contributed by atoms with Crippen molar-refractivity contribution in [3.8, 4) is 0 Å². The van der Waals surface area contributed by atoms with E-state index in [1.807, 2.05) is 23.7 Å². The molecule has 0 aliphatic carbocycles. The van der Waals surface area contributed by atoms with Crippen molar-refractivity contribution in [2.75, 3.05) is 0 Å². The highest BCUT2D eigenvalue weighted by Crippen LogP contribution is 2.15. The van der Waals surface area contributed by atoms with Gasteiger partial charge in [0.05, 0.1) is 20.7 Å². The van der Waals surface area contributed by atoms with Crippen LogP contribution in [0.2, 0.25) is 0 Å². The van der Waals surface area contributed by atoms with Gasteiger partial charge in [-0.15, -0.1) is 11.3 Å². The third kappa shape index (κ3) is 3.11. The second-order valence-electron chi connectivity index (χ2n) is 3.41. The van der Waals surface area contributed by atoms with Gasteiger partial charge in [-0.05, 0) is 12.1 Å². The van der Waals surface area contributed by atoms with Gasteiger partial charge in [0.2, 0.25) is 0 Å². The number of rotatable bonds is 1. The van der Waals surface area contributed by atoms with E-state index in [1.165, 1.54) is 16.8 Å². The van der Waals surface area contributed by atoms with Crippen molar-refractivity contribution >= 4 is 27.2 Å².